The molecule has 0 saturated heterocycles. The molecule has 0 saturated carbocycles. The molecule has 1 radical (unpaired) electrons. The Labute approximate surface area is 68.8 Å². The molecule has 0 unspecified atom stereocenters. The van der Waals surface area contributed by atoms with Crippen molar-refractivity contribution in [2.24, 2.45) is 0 Å². The van der Waals surface area contributed by atoms with Gasteiger partial charge in [-0.2, -0.15) is 0 Å². The first-order valence-corrected chi connectivity index (χ1v) is 0. The summed E-state index contributed by atoms with van der Waals surface area (Å²) >= 11 is 0. The van der Waals surface area contributed by atoms with Gasteiger partial charge in [0.2, 0.25) is 0 Å². The Kier molecular flexibility index (Phi) is 217. The van der Waals surface area contributed by atoms with Gasteiger partial charge in [0.05, 0.1) is 0 Å². The van der Waals surface area contributed by atoms with Gasteiger partial charge < -0.3 is 11.0 Å². The first-order valence-electron chi connectivity index (χ1n) is 0. The fourth-order valence-corrected chi connectivity index (χ4v) is 0. The molecule has 0 aliphatic heterocycles. The molecule has 0 aromatic heterocycles. The summed E-state index contributed by atoms with van der Waals surface area (Å²) in [5, 5.41) is 0. The van der Waals surface area contributed by atoms with Crippen LogP contribution in [0.25, 0.3) is 0 Å². The van der Waals surface area contributed by atoms with Crippen LogP contribution < -0.4 is 0 Å². The molecule has 2 nitrogen and oxygen atoms in total. The largest absolute Gasteiger partial charge is 3.00 e. The third-order valence-corrected chi connectivity index (χ3v) is 0. The SMILES string of the molecule is [Ce+3].[Fe+2].[O-2].[OH-]. The summed E-state index contributed by atoms with van der Waals surface area (Å²) in [6, 6.07) is 0. The molecule has 0 aliphatic carbocycles. The molecule has 0 rings (SSSR count). The van der Waals surface area contributed by atoms with Gasteiger partial charge in [0.15, 0.2) is 0 Å². The molecule has 23 valence electrons. The standard InChI is InChI=1S/Ce.Fe.H2O.O/h;;1H2;/q+3;+2;;-2/p-1. The van der Waals surface area contributed by atoms with Crippen molar-refractivity contribution in [3.63, 3.8) is 0 Å². The van der Waals surface area contributed by atoms with Gasteiger partial charge in [0.25, 0.3) is 0 Å². The molecule has 1 N–H and O–H groups in total. The van der Waals surface area contributed by atoms with Crippen LogP contribution in [-0.4, -0.2) is 5.48 Å². The predicted octanol–water partition coefficient (Wildman–Crippen LogP) is -0.298. The summed E-state index contributed by atoms with van der Waals surface area (Å²) in [4.78, 5) is 0. The van der Waals surface area contributed by atoms with Gasteiger partial charge in [0.1, 0.15) is 0 Å². The van der Waals surface area contributed by atoms with Crippen LogP contribution >= 0.6 is 0 Å². The van der Waals surface area contributed by atoms with Crippen molar-refractivity contribution >= 4 is 0 Å². The van der Waals surface area contributed by atoms with Crippen molar-refractivity contribution in [2.75, 3.05) is 0 Å². The van der Waals surface area contributed by atoms with Crippen molar-refractivity contribution < 1.29 is 69.8 Å². The van der Waals surface area contributed by atoms with Gasteiger partial charge in [0, 0.05) is 0 Å². The maximum Gasteiger partial charge on any atom is 3.00 e. The average Bonchev–Trinajstić information content (AvgIpc) is 0. The third kappa shape index (κ3) is 9.18. The van der Waals surface area contributed by atoms with Crippen LogP contribution in [0.5, 0.6) is 0 Å². The Morgan fingerprint density at radius 3 is 1.00 bits per heavy atom. The van der Waals surface area contributed by atoms with Crippen molar-refractivity contribution in [1.29, 1.82) is 0 Å². The van der Waals surface area contributed by atoms with E-state index >= 15 is 0 Å². The van der Waals surface area contributed by atoms with Gasteiger partial charge in [-0.15, -0.1) is 0 Å². The second kappa shape index (κ2) is 21.3. The summed E-state index contributed by atoms with van der Waals surface area (Å²) in [6.07, 6.45) is 0. The van der Waals surface area contributed by atoms with Crippen LogP contribution in [0.2, 0.25) is 0 Å². The van der Waals surface area contributed by atoms with E-state index in [0.717, 1.165) is 0 Å². The van der Waals surface area contributed by atoms with Crippen LogP contribution in [0.3, 0.4) is 0 Å². The molecule has 0 amide bonds. The molecule has 0 fully saturated rings. The monoisotopic (exact) mass is 229 g/mol. The Morgan fingerprint density at radius 1 is 1.00 bits per heavy atom. The smallest absolute Gasteiger partial charge is 2.00 e. The summed E-state index contributed by atoms with van der Waals surface area (Å²) in [7, 11) is 0. The van der Waals surface area contributed by atoms with Gasteiger partial charge in [-0.1, -0.05) is 0 Å². The topological polar surface area (TPSA) is 58.5 Å². The van der Waals surface area contributed by atoms with Crippen LogP contribution in [0.4, 0.5) is 0 Å². The minimum Gasteiger partial charge on any atom is -2.00 e. The third-order valence-electron chi connectivity index (χ3n) is 0. The summed E-state index contributed by atoms with van der Waals surface area (Å²) < 4.78 is 0. The van der Waals surface area contributed by atoms with Crippen molar-refractivity contribution in [1.82, 2.24) is 0 Å². The molecule has 0 atom stereocenters. The van der Waals surface area contributed by atoms with Gasteiger partial charge in [-0.25, -0.2) is 0 Å². The first-order chi connectivity index (χ1) is 0. The van der Waals surface area contributed by atoms with Crippen molar-refractivity contribution in [3.8, 4) is 0 Å². The van der Waals surface area contributed by atoms with Crippen LogP contribution in [0.15, 0.2) is 0 Å². The fraction of sp³-hybridized carbons (Fsp3) is 0. The molecule has 0 spiro atoms. The number of rotatable bonds is 0. The zero-order valence-corrected chi connectivity index (χ0v) is 5.95. The molecule has 4 heavy (non-hydrogen) atoms. The summed E-state index contributed by atoms with van der Waals surface area (Å²) in [5.41, 5.74) is 0. The van der Waals surface area contributed by atoms with E-state index in [2.05, 4.69) is 0 Å². The molecule has 0 aliphatic rings. The van der Waals surface area contributed by atoms with E-state index < -0.39 is 0 Å². The minimum atomic E-state index is 0. The Morgan fingerprint density at radius 2 is 1.00 bits per heavy atom. The average molecular weight is 229 g/mol. The maximum atomic E-state index is 0. The Hall–Kier alpha value is 1.82. The second-order valence-electron chi connectivity index (χ2n) is 0. The molecular formula is HCeFeO2+2. The molecule has 0 heterocycles. The van der Waals surface area contributed by atoms with E-state index in [1.165, 1.54) is 0 Å². The molecule has 0 aromatic rings. The van der Waals surface area contributed by atoms with E-state index in [0.29, 0.717) is 0 Å². The van der Waals surface area contributed by atoms with Crippen LogP contribution in [0, 0.1) is 41.7 Å². The molecular weight excluding hydrogens is 228 g/mol. The van der Waals surface area contributed by atoms with Crippen LogP contribution in [-0.2, 0) is 22.5 Å². The van der Waals surface area contributed by atoms with Gasteiger partial charge >= 0.3 is 58.8 Å². The Bertz CT molecular complexity index is 6.00. The van der Waals surface area contributed by atoms with Gasteiger partial charge in [-0.05, 0) is 0 Å². The zero-order valence-electron chi connectivity index (χ0n) is 1.71. The van der Waals surface area contributed by atoms with Crippen molar-refractivity contribution in [3.05, 3.63) is 0 Å². The quantitative estimate of drug-likeness (QED) is 0.526. The van der Waals surface area contributed by atoms with E-state index in [1.54, 1.807) is 0 Å². The zero-order chi connectivity index (χ0) is 0. The number of hydrogen-bond acceptors (Lipinski definition) is 1. The summed E-state index contributed by atoms with van der Waals surface area (Å²) in [5.74, 6) is 0. The summed E-state index contributed by atoms with van der Waals surface area (Å²) in [6.45, 7) is 0. The van der Waals surface area contributed by atoms with E-state index in [-0.39, 0.29) is 69.8 Å². The second-order valence-corrected chi connectivity index (χ2v) is 0. The maximum absolute atomic E-state index is 0. The minimum absolute atomic E-state index is 0. The van der Waals surface area contributed by atoms with Crippen LogP contribution in [0.1, 0.15) is 0 Å². The fourth-order valence-electron chi connectivity index (χ4n) is 0. The Balaban J connectivity index is 0. The van der Waals surface area contributed by atoms with Crippen molar-refractivity contribution in [2.45, 2.75) is 0 Å². The van der Waals surface area contributed by atoms with Gasteiger partial charge in [-0.3, -0.25) is 0 Å². The molecule has 4 heteroatoms. The molecule has 0 aromatic carbocycles. The molecule has 0 bridgehead atoms. The first kappa shape index (κ1) is 40.9. The normalized spacial score (nSPS) is 0. The predicted molar refractivity (Wildman–Crippen MR) is 2.62 cm³/mol. The van der Waals surface area contributed by atoms with E-state index in [1.807, 2.05) is 0 Å². The van der Waals surface area contributed by atoms with E-state index in [9.17, 15) is 0 Å². The van der Waals surface area contributed by atoms with E-state index in [4.69, 9.17) is 0 Å². The number of hydrogen-bond donors (Lipinski definition) is 0.